The van der Waals surface area contributed by atoms with Gasteiger partial charge in [0.15, 0.2) is 0 Å². The van der Waals surface area contributed by atoms with Gasteiger partial charge in [0, 0.05) is 0 Å². The van der Waals surface area contributed by atoms with Crippen molar-refractivity contribution >= 4 is 11.7 Å². The van der Waals surface area contributed by atoms with Gasteiger partial charge in [-0.25, -0.2) is 0 Å². The van der Waals surface area contributed by atoms with Crippen molar-refractivity contribution in [1.29, 1.82) is 10.8 Å². The maximum Gasteiger partial charge on any atom is 0.132 e. The van der Waals surface area contributed by atoms with Crippen LogP contribution in [0.25, 0.3) is 0 Å². The van der Waals surface area contributed by atoms with E-state index in [-0.39, 0.29) is 24.6 Å². The summed E-state index contributed by atoms with van der Waals surface area (Å²) in [7, 11) is 0. The number of hydrogen-bond donors (Lipinski definition) is 6. The van der Waals surface area contributed by atoms with E-state index >= 15 is 0 Å². The topological polar surface area (TPSA) is 152 Å². The van der Waals surface area contributed by atoms with Crippen LogP contribution < -0.4 is 22.9 Å². The van der Waals surface area contributed by atoms with Gasteiger partial charge >= 0.3 is 0 Å². The van der Waals surface area contributed by atoms with E-state index in [4.69, 9.17) is 33.8 Å². The number of rotatable bonds is 4. The molecule has 0 unspecified atom stereocenters. The van der Waals surface area contributed by atoms with Gasteiger partial charge in [0.05, 0.1) is 0 Å². The Labute approximate surface area is 64.9 Å². The van der Waals surface area contributed by atoms with Crippen molar-refractivity contribution < 1.29 is 0 Å². The van der Waals surface area contributed by atoms with Crippen LogP contribution in [0.2, 0.25) is 0 Å². The Bertz CT molecular complexity index is 160. The summed E-state index contributed by atoms with van der Waals surface area (Å²) in [5, 5.41) is 14.1. The second kappa shape index (κ2) is 3.31. The van der Waals surface area contributed by atoms with Gasteiger partial charge in [-0.05, 0) is 13.0 Å². The van der Waals surface area contributed by atoms with E-state index < -0.39 is 5.54 Å². The number of nitrogens with two attached hydrogens (primary N) is 4. The SMILES string of the molecule is N=C(N)C(N)(CCN)C(=N)N. The first-order valence-electron chi connectivity index (χ1n) is 3.13. The van der Waals surface area contributed by atoms with Gasteiger partial charge in [-0.2, -0.15) is 0 Å². The molecule has 0 aliphatic carbocycles. The van der Waals surface area contributed by atoms with Gasteiger partial charge in [-0.1, -0.05) is 0 Å². The molecule has 0 aromatic carbocycles. The fourth-order valence-corrected chi connectivity index (χ4v) is 0.642. The largest absolute Gasteiger partial charge is 0.386 e. The van der Waals surface area contributed by atoms with E-state index in [1.54, 1.807) is 0 Å². The summed E-state index contributed by atoms with van der Waals surface area (Å²) in [6.07, 6.45) is 0.220. The minimum atomic E-state index is -1.35. The number of nitrogens with one attached hydrogen (secondary N) is 2. The first-order chi connectivity index (χ1) is 4.95. The Morgan fingerprint density at radius 1 is 1.18 bits per heavy atom. The normalized spacial score (nSPS) is 15.5. The fraction of sp³-hybridized carbons (Fsp3) is 0.600. The molecule has 6 nitrogen and oxygen atoms in total. The summed E-state index contributed by atoms with van der Waals surface area (Å²) in [6, 6.07) is 0. The molecular weight excluding hydrogens is 144 g/mol. The summed E-state index contributed by atoms with van der Waals surface area (Å²) in [4.78, 5) is 0. The third kappa shape index (κ3) is 1.89. The molecule has 64 valence electrons. The molecule has 10 N–H and O–H groups in total. The van der Waals surface area contributed by atoms with Gasteiger partial charge < -0.3 is 22.9 Å². The zero-order valence-electron chi connectivity index (χ0n) is 6.22. The highest BCUT2D eigenvalue weighted by molar-refractivity contribution is 6.10. The van der Waals surface area contributed by atoms with Crippen LogP contribution in [-0.2, 0) is 0 Å². The van der Waals surface area contributed by atoms with E-state index in [2.05, 4.69) is 0 Å². The minimum Gasteiger partial charge on any atom is -0.386 e. The molecule has 0 saturated carbocycles. The van der Waals surface area contributed by atoms with Crippen molar-refractivity contribution in [3.05, 3.63) is 0 Å². The lowest BCUT2D eigenvalue weighted by Crippen LogP contribution is -2.61. The molecule has 6 heteroatoms. The molecule has 11 heavy (non-hydrogen) atoms. The molecule has 0 heterocycles. The van der Waals surface area contributed by atoms with Crippen molar-refractivity contribution in [2.45, 2.75) is 12.0 Å². The minimum absolute atomic E-state index is 0.220. The van der Waals surface area contributed by atoms with Crippen molar-refractivity contribution in [1.82, 2.24) is 0 Å². The molecule has 0 amide bonds. The first-order valence-corrected chi connectivity index (χ1v) is 3.13. The van der Waals surface area contributed by atoms with E-state index in [1.807, 2.05) is 0 Å². The predicted octanol–water partition coefficient (Wildman–Crippen LogP) is -2.10. The van der Waals surface area contributed by atoms with Crippen LogP contribution >= 0.6 is 0 Å². The lowest BCUT2D eigenvalue weighted by atomic mass is 9.94. The standard InChI is InChI=1S/C5H14N6/c6-2-1-5(11,3(7)8)4(9)10/h1-2,6,11H2,(H3,7,8)(H3,9,10). The van der Waals surface area contributed by atoms with Crippen molar-refractivity contribution in [2.75, 3.05) is 6.54 Å². The number of hydrogen-bond acceptors (Lipinski definition) is 4. The molecule has 0 radical (unpaired) electrons. The second-order valence-corrected chi connectivity index (χ2v) is 2.34. The van der Waals surface area contributed by atoms with Crippen LogP contribution in [0.5, 0.6) is 0 Å². The Kier molecular flexibility index (Phi) is 2.97. The summed E-state index contributed by atoms with van der Waals surface area (Å²) in [5.74, 6) is -0.647. The smallest absolute Gasteiger partial charge is 0.132 e. The lowest BCUT2D eigenvalue weighted by molar-refractivity contribution is 0.652. The second-order valence-electron chi connectivity index (χ2n) is 2.34. The van der Waals surface area contributed by atoms with Gasteiger partial charge in [-0.3, -0.25) is 10.8 Å². The molecule has 0 spiro atoms. The molecule has 0 saturated heterocycles. The fourth-order valence-electron chi connectivity index (χ4n) is 0.642. The quantitative estimate of drug-likeness (QED) is 0.205. The highest BCUT2D eigenvalue weighted by Crippen LogP contribution is 2.03. The summed E-state index contributed by atoms with van der Waals surface area (Å²) in [5.41, 5.74) is 19.6. The molecular formula is C5H14N6. The van der Waals surface area contributed by atoms with Crippen molar-refractivity contribution in [3.8, 4) is 0 Å². The van der Waals surface area contributed by atoms with E-state index in [1.165, 1.54) is 0 Å². The van der Waals surface area contributed by atoms with Crippen molar-refractivity contribution in [3.63, 3.8) is 0 Å². The van der Waals surface area contributed by atoms with Crippen LogP contribution in [0.15, 0.2) is 0 Å². The molecule has 0 aromatic rings. The molecule has 0 atom stereocenters. The molecule has 0 aromatic heterocycles. The van der Waals surface area contributed by atoms with Crippen molar-refractivity contribution in [2.24, 2.45) is 22.9 Å². The van der Waals surface area contributed by atoms with Crippen LogP contribution in [0.3, 0.4) is 0 Å². The van der Waals surface area contributed by atoms with Gasteiger partial charge in [-0.15, -0.1) is 0 Å². The zero-order valence-corrected chi connectivity index (χ0v) is 6.22. The third-order valence-electron chi connectivity index (χ3n) is 1.50. The molecule has 0 rings (SSSR count). The van der Waals surface area contributed by atoms with Gasteiger partial charge in [0.25, 0.3) is 0 Å². The highest BCUT2D eigenvalue weighted by Gasteiger charge is 2.31. The summed E-state index contributed by atoms with van der Waals surface area (Å²) >= 11 is 0. The number of amidine groups is 2. The summed E-state index contributed by atoms with van der Waals surface area (Å²) in [6.45, 7) is 0.246. The first kappa shape index (κ1) is 9.86. The molecule has 0 bridgehead atoms. The van der Waals surface area contributed by atoms with Crippen LogP contribution in [-0.4, -0.2) is 23.8 Å². The van der Waals surface area contributed by atoms with Crippen LogP contribution in [0.1, 0.15) is 6.42 Å². The Balaban J connectivity index is 4.52. The van der Waals surface area contributed by atoms with Crippen LogP contribution in [0, 0.1) is 10.8 Å². The lowest BCUT2D eigenvalue weighted by Gasteiger charge is -2.25. The Morgan fingerprint density at radius 3 is 1.64 bits per heavy atom. The monoisotopic (exact) mass is 158 g/mol. The molecule has 0 aliphatic rings. The predicted molar refractivity (Wildman–Crippen MR) is 44.4 cm³/mol. The van der Waals surface area contributed by atoms with E-state index in [0.717, 1.165) is 0 Å². The average Bonchev–Trinajstić information content (AvgIpc) is 1.87. The van der Waals surface area contributed by atoms with Crippen LogP contribution in [0.4, 0.5) is 0 Å². The van der Waals surface area contributed by atoms with E-state index in [9.17, 15) is 0 Å². The Hall–Kier alpha value is -1.14. The van der Waals surface area contributed by atoms with Gasteiger partial charge in [0.2, 0.25) is 0 Å². The average molecular weight is 158 g/mol. The van der Waals surface area contributed by atoms with E-state index in [0.29, 0.717) is 0 Å². The molecule has 0 aliphatic heterocycles. The maximum absolute atomic E-state index is 7.06. The maximum atomic E-state index is 7.06. The zero-order chi connectivity index (χ0) is 9.07. The van der Waals surface area contributed by atoms with Gasteiger partial charge in [0.1, 0.15) is 17.2 Å². The highest BCUT2D eigenvalue weighted by atomic mass is 15.0. The summed E-state index contributed by atoms with van der Waals surface area (Å²) < 4.78 is 0. The Morgan fingerprint density at radius 2 is 1.55 bits per heavy atom. The molecule has 0 fully saturated rings. The third-order valence-corrected chi connectivity index (χ3v) is 1.50.